The maximum atomic E-state index is 6.08. The van der Waals surface area contributed by atoms with Crippen molar-refractivity contribution in [3.8, 4) is 17.0 Å². The van der Waals surface area contributed by atoms with Gasteiger partial charge in [-0.15, -0.1) is 0 Å². The van der Waals surface area contributed by atoms with Crippen molar-refractivity contribution >= 4 is 17.3 Å². The van der Waals surface area contributed by atoms with Gasteiger partial charge < -0.3 is 9.75 Å². The van der Waals surface area contributed by atoms with Gasteiger partial charge in [0.15, 0.2) is 0 Å². The zero-order valence-corrected chi connectivity index (χ0v) is 15.9. The van der Waals surface area contributed by atoms with Gasteiger partial charge in [0.05, 0.1) is 11.4 Å². The highest BCUT2D eigenvalue weighted by atomic mass is 35.5. The molecule has 26 heavy (non-hydrogen) atoms. The summed E-state index contributed by atoms with van der Waals surface area (Å²) in [4.78, 5) is 4.36. The molecule has 1 heterocycles. The second-order valence-corrected chi connectivity index (χ2v) is 6.69. The SMILES string of the molecule is Cc1cc(-c2cccc(Cl)n2)ccc1OCc1c(C)cccc1N(C)N. The highest BCUT2D eigenvalue weighted by molar-refractivity contribution is 6.29. The molecule has 0 aliphatic heterocycles. The Kier molecular flexibility index (Phi) is 5.45. The molecule has 0 aliphatic rings. The van der Waals surface area contributed by atoms with Crippen LogP contribution in [0, 0.1) is 13.8 Å². The van der Waals surface area contributed by atoms with Gasteiger partial charge in [0, 0.05) is 18.2 Å². The van der Waals surface area contributed by atoms with Crippen LogP contribution in [-0.2, 0) is 6.61 Å². The number of hydrazine groups is 1. The van der Waals surface area contributed by atoms with Crippen LogP contribution in [0.5, 0.6) is 5.75 Å². The average molecular weight is 368 g/mol. The van der Waals surface area contributed by atoms with Gasteiger partial charge in [-0.25, -0.2) is 10.8 Å². The smallest absolute Gasteiger partial charge is 0.129 e. The summed E-state index contributed by atoms with van der Waals surface area (Å²) in [6.07, 6.45) is 0. The van der Waals surface area contributed by atoms with Crippen molar-refractivity contribution in [2.24, 2.45) is 5.84 Å². The number of ether oxygens (including phenoxy) is 1. The van der Waals surface area contributed by atoms with E-state index in [1.54, 1.807) is 11.1 Å². The second kappa shape index (κ2) is 7.77. The highest BCUT2D eigenvalue weighted by Crippen LogP contribution is 2.28. The Bertz CT molecular complexity index is 925. The molecular formula is C21H22ClN3O. The Hall–Kier alpha value is -2.56. The predicted molar refractivity (Wildman–Crippen MR) is 108 cm³/mol. The van der Waals surface area contributed by atoms with Gasteiger partial charge in [0.1, 0.15) is 17.5 Å². The molecule has 0 amide bonds. The van der Waals surface area contributed by atoms with Crippen molar-refractivity contribution in [2.45, 2.75) is 20.5 Å². The largest absolute Gasteiger partial charge is 0.489 e. The van der Waals surface area contributed by atoms with Gasteiger partial charge in [-0.3, -0.25) is 0 Å². The lowest BCUT2D eigenvalue weighted by molar-refractivity contribution is 0.303. The number of halogens is 1. The van der Waals surface area contributed by atoms with Crippen LogP contribution < -0.4 is 15.6 Å². The van der Waals surface area contributed by atoms with Gasteiger partial charge in [-0.1, -0.05) is 29.8 Å². The normalized spacial score (nSPS) is 10.7. The first-order chi connectivity index (χ1) is 12.5. The maximum absolute atomic E-state index is 6.08. The molecule has 0 spiro atoms. The molecule has 5 heteroatoms. The number of rotatable bonds is 5. The molecule has 0 bridgehead atoms. The molecule has 0 unspecified atom stereocenters. The third kappa shape index (κ3) is 3.98. The number of aromatic nitrogens is 1. The van der Waals surface area contributed by atoms with E-state index >= 15 is 0 Å². The molecule has 3 rings (SSSR count). The molecule has 0 atom stereocenters. The van der Waals surface area contributed by atoms with Gasteiger partial charge in [0.2, 0.25) is 0 Å². The van der Waals surface area contributed by atoms with Gasteiger partial charge in [0.25, 0.3) is 0 Å². The van der Waals surface area contributed by atoms with Gasteiger partial charge in [-0.05, 0) is 61.4 Å². The number of hydrogen-bond acceptors (Lipinski definition) is 4. The fourth-order valence-corrected chi connectivity index (χ4v) is 3.06. The van der Waals surface area contributed by atoms with Crippen molar-refractivity contribution in [1.82, 2.24) is 4.98 Å². The third-order valence-electron chi connectivity index (χ3n) is 4.32. The minimum atomic E-state index is 0.457. The lowest BCUT2D eigenvalue weighted by atomic mass is 10.1. The van der Waals surface area contributed by atoms with Crippen LogP contribution in [-0.4, -0.2) is 12.0 Å². The minimum Gasteiger partial charge on any atom is -0.489 e. The zero-order chi connectivity index (χ0) is 18.7. The van der Waals surface area contributed by atoms with Crippen LogP contribution in [0.15, 0.2) is 54.6 Å². The molecule has 134 valence electrons. The fourth-order valence-electron chi connectivity index (χ4n) is 2.89. The van der Waals surface area contributed by atoms with Gasteiger partial charge in [-0.2, -0.15) is 0 Å². The number of anilines is 1. The van der Waals surface area contributed by atoms with Crippen LogP contribution in [0.1, 0.15) is 16.7 Å². The van der Waals surface area contributed by atoms with Crippen LogP contribution in [0.3, 0.4) is 0 Å². The fraction of sp³-hybridized carbons (Fsp3) is 0.190. The van der Waals surface area contributed by atoms with Gasteiger partial charge >= 0.3 is 0 Å². The van der Waals surface area contributed by atoms with Crippen LogP contribution in [0.25, 0.3) is 11.3 Å². The standard InChI is InChI=1S/C21H22ClN3O/c1-14-6-4-8-19(25(3)23)17(14)13-26-20-11-10-16(12-15(20)2)18-7-5-9-21(22)24-18/h4-12H,13,23H2,1-3H3. The molecule has 2 N–H and O–H groups in total. The summed E-state index contributed by atoms with van der Waals surface area (Å²) >= 11 is 5.99. The number of nitrogens with zero attached hydrogens (tertiary/aromatic N) is 2. The first-order valence-electron chi connectivity index (χ1n) is 8.39. The Labute approximate surface area is 159 Å². The van der Waals surface area contributed by atoms with Crippen LogP contribution in [0.2, 0.25) is 5.15 Å². The second-order valence-electron chi connectivity index (χ2n) is 6.30. The van der Waals surface area contributed by atoms with E-state index in [0.717, 1.165) is 39.4 Å². The summed E-state index contributed by atoms with van der Waals surface area (Å²) in [5, 5.41) is 2.10. The first kappa shape index (κ1) is 18.2. The van der Waals surface area contributed by atoms with E-state index in [1.807, 2.05) is 50.4 Å². The molecule has 3 aromatic rings. The lowest BCUT2D eigenvalue weighted by Gasteiger charge is -2.19. The Morgan fingerprint density at radius 1 is 1.04 bits per heavy atom. The van der Waals surface area contributed by atoms with Crippen molar-refractivity contribution in [3.63, 3.8) is 0 Å². The predicted octanol–water partition coefficient (Wildman–Crippen LogP) is 4.91. The summed E-state index contributed by atoms with van der Waals surface area (Å²) < 4.78 is 6.08. The Balaban J connectivity index is 1.82. The molecule has 2 aromatic carbocycles. The maximum Gasteiger partial charge on any atom is 0.129 e. The third-order valence-corrected chi connectivity index (χ3v) is 4.53. The number of aryl methyl sites for hydroxylation is 2. The molecule has 4 nitrogen and oxygen atoms in total. The van der Waals surface area contributed by atoms with E-state index in [-0.39, 0.29) is 0 Å². The van der Waals surface area contributed by atoms with Crippen molar-refractivity contribution in [3.05, 3.63) is 76.4 Å². The zero-order valence-electron chi connectivity index (χ0n) is 15.2. The number of benzene rings is 2. The summed E-state index contributed by atoms with van der Waals surface area (Å²) in [6, 6.07) is 17.7. The minimum absolute atomic E-state index is 0.457. The van der Waals surface area contributed by atoms with E-state index in [2.05, 4.69) is 24.0 Å². The quantitative estimate of drug-likeness (QED) is 0.395. The number of hydrogen-bond donors (Lipinski definition) is 1. The molecule has 1 aromatic heterocycles. The Morgan fingerprint density at radius 3 is 2.50 bits per heavy atom. The van der Waals surface area contributed by atoms with E-state index in [4.69, 9.17) is 22.2 Å². The summed E-state index contributed by atoms with van der Waals surface area (Å²) in [7, 11) is 1.83. The van der Waals surface area contributed by atoms with E-state index in [1.165, 1.54) is 0 Å². The molecule has 0 saturated heterocycles. The lowest BCUT2D eigenvalue weighted by Crippen LogP contribution is -2.26. The van der Waals surface area contributed by atoms with Crippen molar-refractivity contribution in [2.75, 3.05) is 12.1 Å². The Morgan fingerprint density at radius 2 is 1.81 bits per heavy atom. The molecular weight excluding hydrogens is 346 g/mol. The molecule has 0 fully saturated rings. The highest BCUT2D eigenvalue weighted by Gasteiger charge is 2.10. The number of nitrogens with two attached hydrogens (primary N) is 1. The first-order valence-corrected chi connectivity index (χ1v) is 8.77. The molecule has 0 radical (unpaired) electrons. The van der Waals surface area contributed by atoms with Crippen LogP contribution in [0.4, 0.5) is 5.69 Å². The topological polar surface area (TPSA) is 51.4 Å². The number of pyridine rings is 1. The average Bonchev–Trinajstić information content (AvgIpc) is 2.61. The van der Waals surface area contributed by atoms with Crippen molar-refractivity contribution in [1.29, 1.82) is 0 Å². The summed E-state index contributed by atoms with van der Waals surface area (Å²) in [5.74, 6) is 6.78. The monoisotopic (exact) mass is 367 g/mol. The molecule has 0 saturated carbocycles. The van der Waals surface area contributed by atoms with Crippen LogP contribution >= 0.6 is 11.6 Å². The summed E-state index contributed by atoms with van der Waals surface area (Å²) in [5.41, 5.74) is 6.09. The summed E-state index contributed by atoms with van der Waals surface area (Å²) in [6.45, 7) is 4.54. The van der Waals surface area contributed by atoms with E-state index < -0.39 is 0 Å². The van der Waals surface area contributed by atoms with Crippen molar-refractivity contribution < 1.29 is 4.74 Å². The van der Waals surface area contributed by atoms with E-state index in [9.17, 15) is 0 Å². The molecule has 0 aliphatic carbocycles. The van der Waals surface area contributed by atoms with E-state index in [0.29, 0.717) is 11.8 Å².